The van der Waals surface area contributed by atoms with Crippen molar-refractivity contribution >= 4 is 17.5 Å². The first-order chi connectivity index (χ1) is 43.1. The Hall–Kier alpha value is -8.22. The molecule has 3 saturated heterocycles. The van der Waals surface area contributed by atoms with Crippen LogP contribution < -0.4 is 11.1 Å². The number of nitrogens with two attached hydrogens (primary N) is 1. The number of alkyl halides is 9. The van der Waals surface area contributed by atoms with E-state index in [0.29, 0.717) is 75.2 Å². The van der Waals surface area contributed by atoms with Crippen molar-refractivity contribution in [3.05, 3.63) is 251 Å². The van der Waals surface area contributed by atoms with Crippen LogP contribution in [0.15, 0.2) is 206 Å². The minimum Gasteiger partial charge on any atom is -0.478 e. The van der Waals surface area contributed by atoms with Gasteiger partial charge in [-0.2, -0.15) is 39.5 Å². The number of benzene rings is 8. The zero-order chi connectivity index (χ0) is 64.3. The summed E-state index contributed by atoms with van der Waals surface area (Å²) in [5.41, 5.74) is 11.1. The largest absolute Gasteiger partial charge is 0.478 e. The molecule has 8 aromatic rings. The Morgan fingerprint density at radius 1 is 0.400 bits per heavy atom. The fourth-order valence-electron chi connectivity index (χ4n) is 11.4. The van der Waals surface area contributed by atoms with Gasteiger partial charge in [0.15, 0.2) is 11.6 Å². The van der Waals surface area contributed by atoms with Gasteiger partial charge in [-0.15, -0.1) is 0 Å². The molecule has 0 amide bonds. The third-order valence-electron chi connectivity index (χ3n) is 16.4. The number of ketones is 2. The van der Waals surface area contributed by atoms with Crippen LogP contribution in [0.3, 0.4) is 0 Å². The second-order valence-electron chi connectivity index (χ2n) is 22.9. The predicted octanol–water partition coefficient (Wildman–Crippen LogP) is 17.5. The van der Waals surface area contributed by atoms with E-state index in [0.717, 1.165) is 127 Å². The highest BCUT2D eigenvalue weighted by Crippen LogP contribution is 2.36. The molecule has 17 heteroatoms. The maximum atomic E-state index is 13.1. The lowest BCUT2D eigenvalue weighted by atomic mass is 9.87. The molecule has 11 rings (SSSR count). The lowest BCUT2D eigenvalue weighted by Gasteiger charge is -2.31. The molecule has 8 aromatic carbocycles. The van der Waals surface area contributed by atoms with Gasteiger partial charge in [-0.1, -0.05) is 164 Å². The van der Waals surface area contributed by atoms with Crippen LogP contribution >= 0.6 is 0 Å². The van der Waals surface area contributed by atoms with E-state index in [2.05, 4.69) is 69.7 Å². The number of aromatic carboxylic acids is 1. The summed E-state index contributed by atoms with van der Waals surface area (Å²) in [6, 6.07) is 56.4. The normalized spacial score (nSPS) is 15.4. The maximum absolute atomic E-state index is 13.1. The van der Waals surface area contributed by atoms with Gasteiger partial charge in [0.2, 0.25) is 0 Å². The van der Waals surface area contributed by atoms with E-state index in [1.807, 2.05) is 18.2 Å². The highest BCUT2D eigenvalue weighted by atomic mass is 19.4. The molecule has 0 radical (unpaired) electrons. The molecule has 3 aliphatic heterocycles. The number of likely N-dealkylation sites (tertiary alicyclic amines) is 2. The summed E-state index contributed by atoms with van der Waals surface area (Å²) in [7, 11) is 0. The van der Waals surface area contributed by atoms with Gasteiger partial charge in [0, 0.05) is 43.1 Å². The highest BCUT2D eigenvalue weighted by Gasteiger charge is 2.33. The molecule has 8 nitrogen and oxygen atoms in total. The average Bonchev–Trinajstić information content (AvgIpc) is 1.02. The summed E-state index contributed by atoms with van der Waals surface area (Å²) in [6.07, 6.45) is -5.97. The van der Waals surface area contributed by atoms with E-state index in [4.69, 9.17) is 10.8 Å². The maximum Gasteiger partial charge on any atom is 0.416 e. The third kappa shape index (κ3) is 20.1. The second-order valence-corrected chi connectivity index (χ2v) is 22.9. The Labute approximate surface area is 519 Å². The van der Waals surface area contributed by atoms with Gasteiger partial charge >= 0.3 is 24.5 Å². The third-order valence-corrected chi connectivity index (χ3v) is 16.4. The summed E-state index contributed by atoms with van der Waals surface area (Å²) in [6.45, 7) is 8.09. The Morgan fingerprint density at radius 3 is 1.04 bits per heavy atom. The molecule has 0 unspecified atom stereocenters. The molecule has 3 heterocycles. The second kappa shape index (κ2) is 32.0. The van der Waals surface area contributed by atoms with Crippen LogP contribution in [0.2, 0.25) is 0 Å². The number of nitrogens with zero attached hydrogens (tertiary/aromatic N) is 2. The number of carboxylic acids is 1. The fraction of sp³-hybridized carbons (Fsp3) is 0.301. The number of Topliss-reactive ketones (excluding diaryl/α,β-unsaturated/α-hetero) is 2. The number of carbonyl (C=O) groups is 3. The molecule has 90 heavy (non-hydrogen) atoms. The quantitative estimate of drug-likeness (QED) is 0.0728. The molecule has 472 valence electrons. The summed E-state index contributed by atoms with van der Waals surface area (Å²) >= 11 is 0. The molecular weight excluding hydrogens is 1170 g/mol. The van der Waals surface area contributed by atoms with E-state index in [1.165, 1.54) is 53.6 Å². The van der Waals surface area contributed by atoms with Gasteiger partial charge in [-0.05, 0) is 177 Å². The number of piperidine rings is 3. The van der Waals surface area contributed by atoms with Gasteiger partial charge in [0.05, 0.1) is 22.3 Å². The monoisotopic (exact) mass is 1240 g/mol. The summed E-state index contributed by atoms with van der Waals surface area (Å²) in [5.74, 6) is -0.301. The van der Waals surface area contributed by atoms with Crippen molar-refractivity contribution in [3.8, 4) is 33.4 Å². The summed E-state index contributed by atoms with van der Waals surface area (Å²) in [4.78, 5) is 41.8. The smallest absolute Gasteiger partial charge is 0.416 e. The first kappa shape index (κ1) is 67.7. The number of rotatable bonds is 14. The Kier molecular flexibility index (Phi) is 24.1. The number of carbonyl (C=O) groups excluding carboxylic acids is 2. The van der Waals surface area contributed by atoms with Crippen LogP contribution in [0.5, 0.6) is 0 Å². The van der Waals surface area contributed by atoms with Crippen molar-refractivity contribution in [1.29, 1.82) is 0 Å². The van der Waals surface area contributed by atoms with Crippen molar-refractivity contribution in [2.45, 2.75) is 89.0 Å². The standard InChI is InChI=1S/C27H26F3NO.C20H20F3NO.C14H9F3O2.C12H18N2/c28-27(29,30)23-12-10-22(11-13-23)24-8-4-5-9-25(24)26(32)18-20-14-16-31(17-15-20)19-21-6-2-1-3-7-21;21-20(22,23)16-7-5-15(6-8-16)17-3-1-2-4-18(17)19(25)13-14-9-11-24-12-10-14;15-14(16,17)10-7-5-9(6-8-10)11-3-1-2-4-12(11)13(18)19;13-12-6-8-14(9-7-12)10-11-4-2-1-3-5-11/h1-13,20H,14-19H2;1-8,14,24H,9-13H2;1-8H,(H,18,19);1-5,12H,6-10,13H2. The van der Waals surface area contributed by atoms with E-state index in [1.54, 1.807) is 54.6 Å². The van der Waals surface area contributed by atoms with Gasteiger partial charge in [-0.25, -0.2) is 4.79 Å². The lowest BCUT2D eigenvalue weighted by Crippen LogP contribution is -2.39. The van der Waals surface area contributed by atoms with E-state index in [-0.39, 0.29) is 17.1 Å². The number of hydrogen-bond acceptors (Lipinski definition) is 7. The van der Waals surface area contributed by atoms with Crippen molar-refractivity contribution in [3.63, 3.8) is 0 Å². The number of halogens is 9. The number of nitrogens with one attached hydrogen (secondary N) is 1. The Morgan fingerprint density at radius 2 is 0.700 bits per heavy atom. The van der Waals surface area contributed by atoms with Crippen LogP contribution in [0, 0.1) is 11.8 Å². The van der Waals surface area contributed by atoms with Crippen LogP contribution in [-0.2, 0) is 31.6 Å². The zero-order valence-corrected chi connectivity index (χ0v) is 49.7. The Bertz CT molecular complexity index is 3540. The predicted molar refractivity (Wildman–Crippen MR) is 334 cm³/mol. The minimum absolute atomic E-state index is 0.0574. The SMILES string of the molecule is NC1CCN(Cc2ccccc2)CC1.O=C(CC1CCN(Cc2ccccc2)CC1)c1ccccc1-c1ccc(C(F)(F)F)cc1.O=C(CC1CCNCC1)c1ccccc1-c1ccc(C(F)(F)F)cc1.O=C(O)c1ccccc1-c1ccc(C(F)(F)F)cc1. The molecule has 4 N–H and O–H groups in total. The Balaban J connectivity index is 0.000000161. The lowest BCUT2D eigenvalue weighted by molar-refractivity contribution is -0.138. The molecule has 3 fully saturated rings. The van der Waals surface area contributed by atoms with E-state index >= 15 is 0 Å². The minimum atomic E-state index is -4.40. The zero-order valence-electron chi connectivity index (χ0n) is 49.7. The van der Waals surface area contributed by atoms with Gasteiger partial charge in [0.25, 0.3) is 0 Å². The molecule has 0 aromatic heterocycles. The molecule has 0 atom stereocenters. The van der Waals surface area contributed by atoms with Crippen LogP contribution in [-0.4, -0.2) is 77.8 Å². The molecule has 0 saturated carbocycles. The van der Waals surface area contributed by atoms with Crippen LogP contribution in [0.1, 0.15) is 110 Å². The van der Waals surface area contributed by atoms with Crippen LogP contribution in [0.25, 0.3) is 33.4 Å². The van der Waals surface area contributed by atoms with Gasteiger partial charge in [0.1, 0.15) is 0 Å². The van der Waals surface area contributed by atoms with Crippen molar-refractivity contribution in [2.75, 3.05) is 39.3 Å². The first-order valence-electron chi connectivity index (χ1n) is 30.2. The van der Waals surface area contributed by atoms with E-state index < -0.39 is 41.2 Å². The van der Waals surface area contributed by atoms with Crippen molar-refractivity contribution in [1.82, 2.24) is 15.1 Å². The molecular formula is C73H73F9N4O4. The summed E-state index contributed by atoms with van der Waals surface area (Å²) in [5, 5.41) is 12.3. The fourth-order valence-corrected chi connectivity index (χ4v) is 11.4. The highest BCUT2D eigenvalue weighted by molar-refractivity contribution is 6.03. The molecule has 0 bridgehead atoms. The molecule has 3 aliphatic rings. The van der Waals surface area contributed by atoms with Crippen molar-refractivity contribution in [2.24, 2.45) is 17.6 Å². The van der Waals surface area contributed by atoms with Gasteiger partial charge in [-0.3, -0.25) is 19.4 Å². The average molecular weight is 1240 g/mol. The molecule has 0 aliphatic carbocycles. The number of carboxylic acid groups (broad SMARTS) is 1. The number of hydrogen-bond donors (Lipinski definition) is 3. The van der Waals surface area contributed by atoms with Crippen molar-refractivity contribution < 1.29 is 59.0 Å². The van der Waals surface area contributed by atoms with E-state index in [9.17, 15) is 53.9 Å². The summed E-state index contributed by atoms with van der Waals surface area (Å²) < 4.78 is 114. The van der Waals surface area contributed by atoms with Gasteiger partial charge < -0.3 is 16.2 Å². The molecule has 0 spiro atoms. The first-order valence-corrected chi connectivity index (χ1v) is 30.2. The topological polar surface area (TPSA) is 116 Å². The van der Waals surface area contributed by atoms with Crippen LogP contribution in [0.4, 0.5) is 39.5 Å².